The molecule has 0 saturated carbocycles. The number of carbonyl (C=O) groups is 1. The molecule has 3 rings (SSSR count). The van der Waals surface area contributed by atoms with Crippen molar-refractivity contribution in [3.05, 3.63) is 70.2 Å². The van der Waals surface area contributed by atoms with Gasteiger partial charge in [-0.15, -0.1) is 24.5 Å². The van der Waals surface area contributed by atoms with E-state index in [9.17, 15) is 18.0 Å². The van der Waals surface area contributed by atoms with Crippen LogP contribution in [0.15, 0.2) is 48.5 Å². The molecule has 0 spiro atoms. The van der Waals surface area contributed by atoms with E-state index in [1.165, 1.54) is 29.5 Å². The van der Waals surface area contributed by atoms with Gasteiger partial charge in [0.2, 0.25) is 0 Å². The zero-order valence-corrected chi connectivity index (χ0v) is 18.6. The molecule has 0 saturated heterocycles. The first-order valence-corrected chi connectivity index (χ1v) is 11.2. The van der Waals surface area contributed by atoms with Crippen molar-refractivity contribution in [2.24, 2.45) is 0 Å². The zero-order valence-electron chi connectivity index (χ0n) is 16.9. The Morgan fingerprint density at radius 3 is 2.62 bits per heavy atom. The lowest BCUT2D eigenvalue weighted by Crippen LogP contribution is -2.19. The molecule has 3 aromatic rings. The van der Waals surface area contributed by atoms with Crippen LogP contribution >= 0.6 is 23.3 Å². The summed E-state index contributed by atoms with van der Waals surface area (Å²) in [7, 11) is 0. The van der Waals surface area contributed by atoms with Gasteiger partial charge in [-0.2, -0.15) is 5.26 Å². The highest BCUT2D eigenvalue weighted by molar-refractivity contribution is 7.97. The van der Waals surface area contributed by atoms with Gasteiger partial charge in [-0.3, -0.25) is 9.52 Å². The van der Waals surface area contributed by atoms with Gasteiger partial charge >= 0.3 is 6.36 Å². The summed E-state index contributed by atoms with van der Waals surface area (Å²) in [6.45, 7) is 1.93. The van der Waals surface area contributed by atoms with Gasteiger partial charge in [0.05, 0.1) is 18.2 Å². The number of benzene rings is 2. The summed E-state index contributed by atoms with van der Waals surface area (Å²) in [5.74, 6) is -0.664. The first-order chi connectivity index (χ1) is 15.2. The van der Waals surface area contributed by atoms with Crippen molar-refractivity contribution in [3.8, 4) is 11.8 Å². The Hall–Kier alpha value is -3.23. The molecule has 0 atom stereocenters. The lowest BCUT2D eigenvalue weighted by Gasteiger charge is -2.22. The second-order valence-corrected chi connectivity index (χ2v) is 8.27. The predicted octanol–water partition coefficient (Wildman–Crippen LogP) is 5.57. The van der Waals surface area contributed by atoms with Crippen LogP contribution in [-0.4, -0.2) is 23.5 Å². The Balaban J connectivity index is 1.99. The Morgan fingerprint density at radius 2 is 2.00 bits per heavy atom. The molecule has 1 heterocycles. The number of halogens is 3. The van der Waals surface area contributed by atoms with Crippen LogP contribution in [0.2, 0.25) is 0 Å². The predicted molar refractivity (Wildman–Crippen MR) is 118 cm³/mol. The fourth-order valence-corrected chi connectivity index (χ4v) is 4.07. The fourth-order valence-electron chi connectivity index (χ4n) is 2.86. The van der Waals surface area contributed by atoms with Gasteiger partial charge < -0.3 is 9.64 Å². The number of amides is 1. The van der Waals surface area contributed by atoms with E-state index in [-0.39, 0.29) is 23.9 Å². The lowest BCUT2D eigenvalue weighted by molar-refractivity contribution is -0.274. The van der Waals surface area contributed by atoms with E-state index in [1.807, 2.05) is 6.07 Å². The summed E-state index contributed by atoms with van der Waals surface area (Å²) in [6, 6.07) is 14.4. The number of hydrogen-bond acceptors (Lipinski definition) is 7. The molecule has 6 nitrogen and oxygen atoms in total. The van der Waals surface area contributed by atoms with Crippen LogP contribution in [0.1, 0.15) is 26.5 Å². The SMILES string of the molecule is CSNC(=O)c1nc(N(Cc2cccc(OC(F)(F)F)c2)c2ccc(C#N)cc2)sc1C. The average molecular weight is 479 g/mol. The minimum atomic E-state index is -4.79. The lowest BCUT2D eigenvalue weighted by atomic mass is 10.1. The van der Waals surface area contributed by atoms with E-state index in [4.69, 9.17) is 5.26 Å². The van der Waals surface area contributed by atoms with Gasteiger partial charge in [-0.1, -0.05) is 24.1 Å². The van der Waals surface area contributed by atoms with Crippen LogP contribution in [0, 0.1) is 18.3 Å². The highest BCUT2D eigenvalue weighted by Gasteiger charge is 2.31. The molecule has 0 fully saturated rings. The molecule has 11 heteroatoms. The zero-order chi connectivity index (χ0) is 23.3. The van der Waals surface area contributed by atoms with E-state index in [0.717, 1.165) is 11.9 Å². The summed E-state index contributed by atoms with van der Waals surface area (Å²) in [5.41, 5.74) is 1.94. The minimum absolute atomic E-state index is 0.164. The summed E-state index contributed by atoms with van der Waals surface area (Å²) < 4.78 is 44.5. The van der Waals surface area contributed by atoms with Crippen LogP contribution in [0.5, 0.6) is 5.75 Å². The molecule has 0 bridgehead atoms. The number of alkyl halides is 3. The third-order valence-electron chi connectivity index (χ3n) is 4.21. The second kappa shape index (κ2) is 9.93. The Kier molecular flexibility index (Phi) is 7.27. The number of aromatic nitrogens is 1. The van der Waals surface area contributed by atoms with Crippen molar-refractivity contribution < 1.29 is 22.7 Å². The van der Waals surface area contributed by atoms with Gasteiger partial charge in [0.25, 0.3) is 5.91 Å². The topological polar surface area (TPSA) is 78.2 Å². The Labute approximate surface area is 190 Å². The number of carbonyl (C=O) groups excluding carboxylic acids is 1. The summed E-state index contributed by atoms with van der Waals surface area (Å²) in [6.07, 6.45) is -3.07. The molecule has 166 valence electrons. The van der Waals surface area contributed by atoms with Crippen molar-refractivity contribution in [2.75, 3.05) is 11.2 Å². The second-order valence-electron chi connectivity index (χ2n) is 6.48. The maximum Gasteiger partial charge on any atom is 0.573 e. The highest BCUT2D eigenvalue weighted by atomic mass is 32.2. The molecule has 0 aliphatic heterocycles. The Morgan fingerprint density at radius 1 is 1.28 bits per heavy atom. The van der Waals surface area contributed by atoms with E-state index in [1.54, 1.807) is 48.4 Å². The first kappa shape index (κ1) is 23.4. The van der Waals surface area contributed by atoms with E-state index < -0.39 is 6.36 Å². The first-order valence-electron chi connectivity index (χ1n) is 9.13. The number of nitriles is 1. The fraction of sp³-hybridized carbons (Fsp3) is 0.190. The maximum absolute atomic E-state index is 12.6. The van der Waals surface area contributed by atoms with Crippen LogP contribution < -0.4 is 14.4 Å². The molecule has 1 amide bonds. The third kappa shape index (κ3) is 5.93. The number of aryl methyl sites for hydroxylation is 1. The van der Waals surface area contributed by atoms with E-state index >= 15 is 0 Å². The van der Waals surface area contributed by atoms with Gasteiger partial charge in [0, 0.05) is 16.8 Å². The molecule has 2 aromatic carbocycles. The third-order valence-corrected chi connectivity index (χ3v) is 5.59. The molecule has 1 N–H and O–H groups in total. The molecule has 0 aliphatic rings. The number of nitrogens with zero attached hydrogens (tertiary/aromatic N) is 3. The molecule has 0 unspecified atom stereocenters. The molecular weight excluding hydrogens is 461 g/mol. The smallest absolute Gasteiger partial charge is 0.406 e. The van der Waals surface area contributed by atoms with Crippen molar-refractivity contribution in [3.63, 3.8) is 0 Å². The molecular formula is C21H17F3N4O2S2. The number of nitrogens with one attached hydrogen (secondary N) is 1. The number of hydrogen-bond donors (Lipinski definition) is 1. The highest BCUT2D eigenvalue weighted by Crippen LogP contribution is 2.34. The van der Waals surface area contributed by atoms with Gasteiger partial charge in [0.1, 0.15) is 11.4 Å². The number of rotatable bonds is 7. The van der Waals surface area contributed by atoms with Crippen LogP contribution in [0.25, 0.3) is 0 Å². The van der Waals surface area contributed by atoms with Crippen LogP contribution in [0.4, 0.5) is 24.0 Å². The van der Waals surface area contributed by atoms with Crippen molar-refractivity contribution in [1.29, 1.82) is 5.26 Å². The normalized spacial score (nSPS) is 11.0. The van der Waals surface area contributed by atoms with E-state index in [0.29, 0.717) is 26.8 Å². The largest absolute Gasteiger partial charge is 0.573 e. The average Bonchev–Trinajstić information content (AvgIpc) is 3.13. The van der Waals surface area contributed by atoms with Gasteiger partial charge in [-0.25, -0.2) is 4.98 Å². The summed E-state index contributed by atoms with van der Waals surface area (Å²) >= 11 is 2.44. The van der Waals surface area contributed by atoms with Crippen LogP contribution in [0.3, 0.4) is 0 Å². The van der Waals surface area contributed by atoms with Crippen molar-refractivity contribution in [1.82, 2.24) is 9.71 Å². The van der Waals surface area contributed by atoms with Gasteiger partial charge in [-0.05, 0) is 48.9 Å². The number of anilines is 2. The molecule has 0 aliphatic carbocycles. The summed E-state index contributed by atoms with van der Waals surface area (Å²) in [4.78, 5) is 19.2. The van der Waals surface area contributed by atoms with Crippen molar-refractivity contribution >= 4 is 40.0 Å². The van der Waals surface area contributed by atoms with Crippen molar-refractivity contribution in [2.45, 2.75) is 19.8 Å². The minimum Gasteiger partial charge on any atom is -0.406 e. The standard InChI is InChI=1S/C21H17F3N4O2S2/c1-13-18(19(29)27-31-2)26-20(32-13)28(16-8-6-14(11-25)7-9-16)12-15-4-3-5-17(10-15)30-21(22,23)24/h3-10H,12H2,1-2H3,(H,27,29). The maximum atomic E-state index is 12.6. The number of ether oxygens (including phenoxy) is 1. The van der Waals surface area contributed by atoms with Gasteiger partial charge in [0.15, 0.2) is 5.13 Å². The molecule has 32 heavy (non-hydrogen) atoms. The molecule has 1 aromatic heterocycles. The van der Waals surface area contributed by atoms with Crippen LogP contribution in [-0.2, 0) is 6.54 Å². The monoisotopic (exact) mass is 478 g/mol. The molecule has 0 radical (unpaired) electrons. The van der Waals surface area contributed by atoms with E-state index in [2.05, 4.69) is 14.4 Å². The summed E-state index contributed by atoms with van der Waals surface area (Å²) in [5, 5.41) is 9.55. The number of thiazole rings is 1. The quantitative estimate of drug-likeness (QED) is 0.448. The Bertz CT molecular complexity index is 1140.